The second-order valence-corrected chi connectivity index (χ2v) is 6.89. The van der Waals surface area contributed by atoms with Gasteiger partial charge < -0.3 is 9.47 Å². The Hall–Kier alpha value is -1.92. The van der Waals surface area contributed by atoms with E-state index < -0.39 is 0 Å². The number of aryl methyl sites for hydroxylation is 1. The summed E-state index contributed by atoms with van der Waals surface area (Å²) in [7, 11) is 0. The third kappa shape index (κ3) is 4.33. The van der Waals surface area contributed by atoms with Gasteiger partial charge in [-0.3, -0.25) is 9.69 Å². The molecule has 5 nitrogen and oxygen atoms in total. The van der Waals surface area contributed by atoms with Crippen molar-refractivity contribution in [2.45, 2.75) is 19.9 Å². The Labute approximate surface area is 147 Å². The predicted octanol–water partition coefficient (Wildman–Crippen LogP) is 2.36. The maximum atomic E-state index is 12.2. The summed E-state index contributed by atoms with van der Waals surface area (Å²) in [5.74, 6) is 1.26. The van der Waals surface area contributed by atoms with Crippen LogP contribution in [0.4, 0.5) is 0 Å². The van der Waals surface area contributed by atoms with Gasteiger partial charge in [-0.05, 0) is 17.5 Å². The third-order valence-electron chi connectivity index (χ3n) is 4.39. The summed E-state index contributed by atoms with van der Waals surface area (Å²) in [6.07, 6.45) is 8.49. The van der Waals surface area contributed by atoms with Crippen LogP contribution in [-0.2, 0) is 17.8 Å². The number of imidazole rings is 1. The molecular formula is C18H24N4OS. The molecule has 1 aliphatic rings. The number of hydrogen-bond donors (Lipinski definition) is 0. The van der Waals surface area contributed by atoms with E-state index in [0.29, 0.717) is 0 Å². The maximum Gasteiger partial charge on any atom is 0.246 e. The molecule has 0 saturated carbocycles. The Bertz CT molecular complexity index is 669. The largest absolute Gasteiger partial charge is 0.337 e. The van der Waals surface area contributed by atoms with Gasteiger partial charge in [-0.1, -0.05) is 13.0 Å². The first-order valence-corrected chi connectivity index (χ1v) is 9.37. The van der Waals surface area contributed by atoms with Gasteiger partial charge in [0.25, 0.3) is 0 Å². The van der Waals surface area contributed by atoms with Gasteiger partial charge in [-0.15, -0.1) is 11.3 Å². The molecule has 3 rings (SSSR count). The van der Waals surface area contributed by atoms with Crippen LogP contribution in [0.5, 0.6) is 0 Å². The number of piperazine rings is 1. The summed E-state index contributed by atoms with van der Waals surface area (Å²) in [5, 5.41) is 2.02. The summed E-state index contributed by atoms with van der Waals surface area (Å²) in [6.45, 7) is 7.60. The van der Waals surface area contributed by atoms with E-state index in [9.17, 15) is 4.79 Å². The first-order chi connectivity index (χ1) is 11.8. The molecule has 0 aliphatic carbocycles. The molecule has 0 unspecified atom stereocenters. The number of aromatic nitrogens is 2. The highest BCUT2D eigenvalue weighted by atomic mass is 32.1. The quantitative estimate of drug-likeness (QED) is 0.756. The fraction of sp³-hybridized carbons (Fsp3) is 0.444. The van der Waals surface area contributed by atoms with Crippen molar-refractivity contribution in [3.63, 3.8) is 0 Å². The lowest BCUT2D eigenvalue weighted by Gasteiger charge is -2.34. The van der Waals surface area contributed by atoms with Crippen LogP contribution in [-0.4, -0.2) is 58.0 Å². The summed E-state index contributed by atoms with van der Waals surface area (Å²) in [6, 6.07) is 4.02. The normalized spacial score (nSPS) is 16.1. The number of carbonyl (C=O) groups excluding carboxylic acids is 1. The Kier molecular flexibility index (Phi) is 5.82. The molecule has 2 aromatic rings. The molecule has 0 spiro atoms. The molecule has 1 fully saturated rings. The first kappa shape index (κ1) is 16.9. The fourth-order valence-electron chi connectivity index (χ4n) is 2.94. The average molecular weight is 344 g/mol. The Morgan fingerprint density at radius 3 is 2.83 bits per heavy atom. The highest BCUT2D eigenvalue weighted by molar-refractivity contribution is 7.10. The van der Waals surface area contributed by atoms with Crippen molar-refractivity contribution in [2.75, 3.05) is 32.7 Å². The molecule has 0 atom stereocenters. The van der Waals surface area contributed by atoms with Gasteiger partial charge in [0.15, 0.2) is 0 Å². The van der Waals surface area contributed by atoms with E-state index in [1.54, 1.807) is 17.4 Å². The third-order valence-corrected chi connectivity index (χ3v) is 5.23. The van der Waals surface area contributed by atoms with Crippen molar-refractivity contribution < 1.29 is 4.79 Å². The molecule has 2 aromatic heterocycles. The van der Waals surface area contributed by atoms with Gasteiger partial charge in [-0.2, -0.15) is 0 Å². The van der Waals surface area contributed by atoms with Gasteiger partial charge in [0, 0.05) is 69.0 Å². The molecule has 6 heteroatoms. The minimum atomic E-state index is 0.117. The zero-order valence-electron chi connectivity index (χ0n) is 14.1. The van der Waals surface area contributed by atoms with Gasteiger partial charge in [0.05, 0.1) is 0 Å². The second kappa shape index (κ2) is 8.26. The van der Waals surface area contributed by atoms with Crippen molar-refractivity contribution in [2.24, 2.45) is 0 Å². The number of thiophene rings is 1. The first-order valence-electron chi connectivity index (χ1n) is 8.49. The van der Waals surface area contributed by atoms with Crippen molar-refractivity contribution >= 4 is 23.3 Å². The smallest absolute Gasteiger partial charge is 0.246 e. The maximum absolute atomic E-state index is 12.2. The zero-order valence-corrected chi connectivity index (χ0v) is 14.9. The molecule has 0 radical (unpaired) electrons. The van der Waals surface area contributed by atoms with Crippen LogP contribution in [0.1, 0.15) is 17.6 Å². The van der Waals surface area contributed by atoms with E-state index in [4.69, 9.17) is 0 Å². The van der Waals surface area contributed by atoms with Gasteiger partial charge in [0.1, 0.15) is 5.82 Å². The highest BCUT2D eigenvalue weighted by Crippen LogP contribution is 2.11. The lowest BCUT2D eigenvalue weighted by molar-refractivity contribution is -0.127. The molecule has 128 valence electrons. The monoisotopic (exact) mass is 344 g/mol. The van der Waals surface area contributed by atoms with Crippen LogP contribution in [0.2, 0.25) is 0 Å². The van der Waals surface area contributed by atoms with Crippen molar-refractivity contribution in [3.8, 4) is 0 Å². The molecule has 0 aromatic carbocycles. The van der Waals surface area contributed by atoms with E-state index in [-0.39, 0.29) is 5.91 Å². The average Bonchev–Trinajstić information content (AvgIpc) is 3.29. The van der Waals surface area contributed by atoms with Gasteiger partial charge >= 0.3 is 0 Å². The van der Waals surface area contributed by atoms with Crippen LogP contribution < -0.4 is 0 Å². The zero-order chi connectivity index (χ0) is 16.8. The van der Waals surface area contributed by atoms with Crippen LogP contribution in [0, 0.1) is 0 Å². The summed E-state index contributed by atoms with van der Waals surface area (Å²) in [4.78, 5) is 22.1. The van der Waals surface area contributed by atoms with E-state index in [0.717, 1.165) is 56.4 Å². The molecule has 3 heterocycles. The summed E-state index contributed by atoms with van der Waals surface area (Å²) in [5.41, 5.74) is 0. The number of nitrogens with zero attached hydrogens (tertiary/aromatic N) is 4. The molecule has 1 amide bonds. The fourth-order valence-corrected chi connectivity index (χ4v) is 3.56. The Morgan fingerprint density at radius 2 is 2.12 bits per heavy atom. The van der Waals surface area contributed by atoms with Gasteiger partial charge in [-0.25, -0.2) is 4.98 Å². The Balaban J connectivity index is 1.43. The summed E-state index contributed by atoms with van der Waals surface area (Å²) < 4.78 is 2.22. The minimum Gasteiger partial charge on any atom is -0.337 e. The van der Waals surface area contributed by atoms with E-state index in [2.05, 4.69) is 21.4 Å². The van der Waals surface area contributed by atoms with Crippen LogP contribution in [0.3, 0.4) is 0 Å². The highest BCUT2D eigenvalue weighted by Gasteiger charge is 2.19. The van der Waals surface area contributed by atoms with Crippen molar-refractivity contribution in [1.29, 1.82) is 0 Å². The molecule has 1 saturated heterocycles. The number of hydrogen-bond acceptors (Lipinski definition) is 4. The molecule has 24 heavy (non-hydrogen) atoms. The standard InChI is InChI=1S/C18H24N4OS/c1-2-17-19-7-8-21(17)12-9-20-10-13-22(14-11-20)18(23)6-5-16-4-3-15-24-16/h3-8,15H,2,9-14H2,1H3/b6-5+. The second-order valence-electron chi connectivity index (χ2n) is 5.91. The summed E-state index contributed by atoms with van der Waals surface area (Å²) >= 11 is 1.65. The van der Waals surface area contributed by atoms with E-state index >= 15 is 0 Å². The van der Waals surface area contributed by atoms with Crippen molar-refractivity contribution in [3.05, 3.63) is 46.7 Å². The predicted molar refractivity (Wildman–Crippen MR) is 98.0 cm³/mol. The molecule has 0 bridgehead atoms. The molecular weight excluding hydrogens is 320 g/mol. The molecule has 1 aliphatic heterocycles. The van der Waals surface area contributed by atoms with Crippen molar-refractivity contribution in [1.82, 2.24) is 19.4 Å². The lowest BCUT2D eigenvalue weighted by atomic mass is 10.3. The Morgan fingerprint density at radius 1 is 1.29 bits per heavy atom. The molecule has 0 N–H and O–H groups in total. The topological polar surface area (TPSA) is 41.4 Å². The number of rotatable bonds is 6. The van der Waals surface area contributed by atoms with Crippen LogP contribution in [0.25, 0.3) is 6.08 Å². The van der Waals surface area contributed by atoms with Gasteiger partial charge in [0.2, 0.25) is 5.91 Å². The number of carbonyl (C=O) groups is 1. The number of amides is 1. The SMILES string of the molecule is CCc1nccn1CCN1CCN(C(=O)/C=C/c2cccs2)CC1. The lowest BCUT2D eigenvalue weighted by Crippen LogP contribution is -2.48. The van der Waals surface area contributed by atoms with Crippen LogP contribution in [0.15, 0.2) is 36.0 Å². The van der Waals surface area contributed by atoms with E-state index in [1.165, 1.54) is 0 Å². The van der Waals surface area contributed by atoms with Crippen LogP contribution >= 0.6 is 11.3 Å². The van der Waals surface area contributed by atoms with E-state index in [1.807, 2.05) is 40.9 Å². The minimum absolute atomic E-state index is 0.117.